The van der Waals surface area contributed by atoms with Gasteiger partial charge in [-0.25, -0.2) is 0 Å². The summed E-state index contributed by atoms with van der Waals surface area (Å²) in [5.41, 5.74) is -0.215. The number of halogens is 1. The minimum absolute atomic E-state index is 0.215. The number of nitro benzene ring substituents is 1. The maximum absolute atomic E-state index is 11.2. The van der Waals surface area contributed by atoms with Crippen LogP contribution in [0.5, 0.6) is 0 Å². The zero-order chi connectivity index (χ0) is 15.7. The first-order valence-electron chi connectivity index (χ1n) is 5.44. The Morgan fingerprint density at radius 1 is 1.00 bits per heavy atom. The van der Waals surface area contributed by atoms with Gasteiger partial charge in [-0.15, -0.1) is 0 Å². The van der Waals surface area contributed by atoms with Crippen LogP contribution in [0.2, 0.25) is 0 Å². The van der Waals surface area contributed by atoms with E-state index in [0.29, 0.717) is 0 Å². The maximum Gasteiger partial charge on any atom is -0.0623 e. The van der Waals surface area contributed by atoms with Crippen molar-refractivity contribution in [3.05, 3.63) is 70.8 Å². The summed E-state index contributed by atoms with van der Waals surface area (Å²) in [4.78, 5) is 9.41. The van der Waals surface area contributed by atoms with E-state index in [4.69, 9.17) is 3.44 Å². The third-order valence-electron chi connectivity index (χ3n) is 2.11. The van der Waals surface area contributed by atoms with E-state index in [-0.39, 0.29) is 10.6 Å². The molecule has 2 aromatic rings. The van der Waals surface area contributed by atoms with Crippen LogP contribution in [0.1, 0.15) is 0 Å². The molecular weight excluding hydrogens is 413 g/mol. The van der Waals surface area contributed by atoms with Crippen molar-refractivity contribution < 1.29 is 41.3 Å². The molecule has 0 fully saturated rings. The Bertz CT molecular complexity index is 633. The van der Waals surface area contributed by atoms with Crippen molar-refractivity contribution >= 4 is 15.8 Å². The second-order valence-corrected chi connectivity index (χ2v) is 6.47. The van der Waals surface area contributed by atoms with Crippen molar-refractivity contribution in [3.63, 3.8) is 0 Å². The van der Waals surface area contributed by atoms with E-state index in [2.05, 4.69) is 2.51 Å². The summed E-state index contributed by atoms with van der Waals surface area (Å²) in [5, 5.41) is 10.3. The summed E-state index contributed by atoms with van der Waals surface area (Å²) in [5.74, 6) is 0. The smallest absolute Gasteiger partial charge is 0.0623 e. The van der Waals surface area contributed by atoms with Gasteiger partial charge in [-0.05, 0) is 0 Å². The zero-order valence-electron chi connectivity index (χ0n) is 10.5. The van der Waals surface area contributed by atoms with E-state index in [1.165, 1.54) is 0 Å². The molecule has 0 unspecified atom stereocenters. The van der Waals surface area contributed by atoms with E-state index in [9.17, 15) is 18.5 Å². The molecule has 1 N–H and O–H groups in total. The third-order valence-corrected chi connectivity index (χ3v) is 5.09. The van der Waals surface area contributed by atoms with E-state index >= 15 is 0 Å². The first kappa shape index (κ1) is 17.5. The quantitative estimate of drug-likeness (QED) is 0.380. The van der Waals surface area contributed by atoms with E-state index in [1.807, 2.05) is 36.4 Å². The molecule has 0 saturated heterocycles. The molecule has 0 aliphatic heterocycles. The molecule has 0 atom stereocenters. The number of hydrogen-bond donors (Lipinski definition) is 1. The van der Waals surface area contributed by atoms with Gasteiger partial charge in [-0.3, -0.25) is 0 Å². The molecule has 0 spiro atoms. The fourth-order valence-corrected chi connectivity index (χ4v) is 3.07. The first-order valence-corrected chi connectivity index (χ1v) is 8.69. The van der Waals surface area contributed by atoms with Crippen molar-refractivity contribution in [2.45, 2.75) is 4.90 Å². The third kappa shape index (κ3) is 6.16. The fourth-order valence-electron chi connectivity index (χ4n) is 1.19. The molecular formula is C12H11INO6S-. The van der Waals surface area contributed by atoms with Crippen molar-refractivity contribution in [1.82, 2.24) is 0 Å². The molecule has 0 bridgehead atoms. The molecule has 0 aliphatic rings. The van der Waals surface area contributed by atoms with Crippen LogP contribution >= 0.6 is 0 Å². The molecule has 0 aliphatic carbocycles. The van der Waals surface area contributed by atoms with Gasteiger partial charge in [-0.2, -0.15) is 0 Å². The van der Waals surface area contributed by atoms with Crippen LogP contribution in [-0.2, 0) is 12.6 Å². The average Bonchev–Trinajstić information content (AvgIpc) is 2.50. The Labute approximate surface area is 132 Å². The summed E-state index contributed by atoms with van der Waals surface area (Å²) in [6, 6.07) is 16.2. The topological polar surface area (TPSA) is 107 Å². The Hall–Kier alpha value is -1.56. The molecule has 7 nitrogen and oxygen atoms in total. The zero-order valence-corrected chi connectivity index (χ0v) is 13.5. The molecule has 9 heteroatoms. The second kappa shape index (κ2) is 8.67. The number of rotatable bonds is 4. The van der Waals surface area contributed by atoms with Crippen LogP contribution < -0.4 is 22.0 Å². The summed E-state index contributed by atoms with van der Waals surface area (Å²) in [6.07, 6.45) is 0. The maximum atomic E-state index is 11.2. The van der Waals surface area contributed by atoms with Gasteiger partial charge in [0, 0.05) is 0 Å². The van der Waals surface area contributed by atoms with Crippen molar-refractivity contribution in [2.75, 3.05) is 0 Å². The Morgan fingerprint density at radius 2 is 1.43 bits per heavy atom. The molecule has 0 heterocycles. The van der Waals surface area contributed by atoms with Crippen LogP contribution in [-0.4, -0.2) is 16.8 Å². The number of benzene rings is 2. The van der Waals surface area contributed by atoms with Gasteiger partial charge in [0.05, 0.1) is 0 Å². The summed E-state index contributed by atoms with van der Waals surface area (Å²) in [7, 11) is -3.98. The molecule has 21 heavy (non-hydrogen) atoms. The monoisotopic (exact) mass is 424 g/mol. The Morgan fingerprint density at radius 3 is 1.76 bits per heavy atom. The van der Waals surface area contributed by atoms with Crippen molar-refractivity contribution in [1.29, 1.82) is 0 Å². The second-order valence-electron chi connectivity index (χ2n) is 3.49. The van der Waals surface area contributed by atoms with Gasteiger partial charge in [0.1, 0.15) is 0 Å². The van der Waals surface area contributed by atoms with Crippen LogP contribution in [0.25, 0.3) is 0 Å². The van der Waals surface area contributed by atoms with E-state index < -0.39 is 37.1 Å². The normalized spacial score (nSPS) is 10.5. The van der Waals surface area contributed by atoms with Gasteiger partial charge < -0.3 is 0 Å². The van der Waals surface area contributed by atoms with Gasteiger partial charge in [0.25, 0.3) is 0 Å². The van der Waals surface area contributed by atoms with E-state index in [0.717, 1.165) is 24.3 Å². The van der Waals surface area contributed by atoms with E-state index in [1.54, 1.807) is 0 Å². The SMILES string of the molecule is O=[N+]([O-])c1ccc(S(=O)(=O)O[I-]O)cc1.c1ccccc1. The summed E-state index contributed by atoms with van der Waals surface area (Å²) >= 11 is -1.85. The Kier molecular flexibility index (Phi) is 7.22. The van der Waals surface area contributed by atoms with Crippen LogP contribution in [0, 0.1) is 10.1 Å². The standard InChI is InChI=1S/C6H5INO6S.C6H6/c9-7-14-15(12,13)6-3-1-5(2-4-6)8(10)11;1-2-4-6-5-3-1/h1-4,9H;1-6H/q-1;. The number of nitro groups is 1. The fraction of sp³-hybridized carbons (Fsp3) is 0. The summed E-state index contributed by atoms with van der Waals surface area (Å²) < 4.78 is 35.0. The number of hydrogen-bond acceptors (Lipinski definition) is 6. The first-order chi connectivity index (χ1) is 9.97. The van der Waals surface area contributed by atoms with Gasteiger partial charge in [-0.1, -0.05) is 36.4 Å². The predicted octanol–water partition coefficient (Wildman–Crippen LogP) is -1.10. The minimum Gasteiger partial charge on any atom is -0.0623 e. The van der Waals surface area contributed by atoms with Gasteiger partial charge in [0.2, 0.25) is 0 Å². The molecule has 2 aromatic carbocycles. The molecule has 2 rings (SSSR count). The average molecular weight is 424 g/mol. The molecule has 0 amide bonds. The predicted molar refractivity (Wildman–Crippen MR) is 70.0 cm³/mol. The molecule has 0 saturated carbocycles. The van der Waals surface area contributed by atoms with Crippen LogP contribution in [0.15, 0.2) is 65.6 Å². The van der Waals surface area contributed by atoms with Gasteiger partial charge in [0.15, 0.2) is 0 Å². The number of nitrogens with zero attached hydrogens (tertiary/aromatic N) is 1. The summed E-state index contributed by atoms with van der Waals surface area (Å²) in [6.45, 7) is 0. The molecule has 0 aromatic heterocycles. The Balaban J connectivity index is 0.000000304. The molecule has 114 valence electrons. The van der Waals surface area contributed by atoms with Crippen molar-refractivity contribution in [3.8, 4) is 0 Å². The van der Waals surface area contributed by atoms with Crippen LogP contribution in [0.4, 0.5) is 5.69 Å². The molecule has 0 radical (unpaired) electrons. The minimum atomic E-state index is -3.98. The number of non-ortho nitro benzene ring substituents is 1. The van der Waals surface area contributed by atoms with Gasteiger partial charge >= 0.3 is 96.4 Å². The largest absolute Gasteiger partial charge is 0.0623 e. The van der Waals surface area contributed by atoms with Crippen LogP contribution in [0.3, 0.4) is 0 Å². The van der Waals surface area contributed by atoms with Crippen molar-refractivity contribution in [2.24, 2.45) is 0 Å².